The number of aromatic nitrogens is 1. The van der Waals surface area contributed by atoms with Crippen LogP contribution in [0, 0.1) is 0 Å². The third kappa shape index (κ3) is 5.60. The maximum Gasteiger partial charge on any atom is 0.411 e. The second-order valence-corrected chi connectivity index (χ2v) is 13.8. The lowest BCUT2D eigenvalue weighted by Crippen LogP contribution is -2.24. The summed E-state index contributed by atoms with van der Waals surface area (Å²) >= 11 is 0. The standard InChI is InChI=1S/C23H28N2O2Si/c1-28(2,3)17-16-27-23(26)24-21-14-15-25(18-19-10-6-4-7-11-19)22(21)20-12-8-5-9-13-20/h4-15H,16-18H2,1-3H3,(H,24,26). The zero-order chi connectivity index (χ0) is 20.0. The van der Waals surface area contributed by atoms with Gasteiger partial charge in [0.2, 0.25) is 0 Å². The van der Waals surface area contributed by atoms with Crippen LogP contribution in [0.3, 0.4) is 0 Å². The van der Waals surface area contributed by atoms with E-state index in [4.69, 9.17) is 4.74 Å². The molecule has 0 aliphatic rings. The molecule has 1 heterocycles. The largest absolute Gasteiger partial charge is 0.450 e. The highest BCUT2D eigenvalue weighted by Crippen LogP contribution is 2.30. The minimum atomic E-state index is -1.23. The Kier molecular flexibility index (Phi) is 6.36. The number of hydrogen-bond donors (Lipinski definition) is 1. The van der Waals surface area contributed by atoms with E-state index in [2.05, 4.69) is 53.8 Å². The highest BCUT2D eigenvalue weighted by molar-refractivity contribution is 6.76. The van der Waals surface area contributed by atoms with Crippen LogP contribution in [0.25, 0.3) is 11.3 Å². The van der Waals surface area contributed by atoms with E-state index in [0.29, 0.717) is 6.61 Å². The first kappa shape index (κ1) is 20.0. The smallest absolute Gasteiger partial charge is 0.411 e. The number of hydrogen-bond acceptors (Lipinski definition) is 2. The van der Waals surface area contributed by atoms with E-state index in [-0.39, 0.29) is 0 Å². The van der Waals surface area contributed by atoms with E-state index < -0.39 is 14.2 Å². The van der Waals surface area contributed by atoms with Gasteiger partial charge in [-0.1, -0.05) is 80.3 Å². The number of nitrogens with zero attached hydrogens (tertiary/aromatic N) is 1. The Balaban J connectivity index is 1.80. The van der Waals surface area contributed by atoms with Crippen molar-refractivity contribution in [3.8, 4) is 11.3 Å². The molecule has 2 aromatic carbocycles. The van der Waals surface area contributed by atoms with Crippen molar-refractivity contribution in [1.29, 1.82) is 0 Å². The fourth-order valence-electron chi connectivity index (χ4n) is 3.00. The second-order valence-electron chi connectivity index (χ2n) is 8.13. The molecule has 5 heteroatoms. The van der Waals surface area contributed by atoms with Crippen LogP contribution in [0.5, 0.6) is 0 Å². The Bertz CT molecular complexity index is 899. The molecule has 3 rings (SSSR count). The Morgan fingerprint density at radius 3 is 2.25 bits per heavy atom. The topological polar surface area (TPSA) is 43.3 Å². The van der Waals surface area contributed by atoms with Gasteiger partial charge in [0.1, 0.15) is 0 Å². The molecule has 4 nitrogen and oxygen atoms in total. The lowest BCUT2D eigenvalue weighted by molar-refractivity contribution is 0.167. The van der Waals surface area contributed by atoms with E-state index >= 15 is 0 Å². The van der Waals surface area contributed by atoms with E-state index in [1.54, 1.807) is 0 Å². The van der Waals surface area contributed by atoms with E-state index in [1.165, 1.54) is 5.56 Å². The maximum atomic E-state index is 12.3. The van der Waals surface area contributed by atoms with Crippen LogP contribution in [-0.2, 0) is 11.3 Å². The fourth-order valence-corrected chi connectivity index (χ4v) is 3.71. The van der Waals surface area contributed by atoms with E-state index in [9.17, 15) is 4.79 Å². The third-order valence-electron chi connectivity index (χ3n) is 4.53. The molecular formula is C23H28N2O2Si. The third-order valence-corrected chi connectivity index (χ3v) is 6.23. The van der Waals surface area contributed by atoms with E-state index in [0.717, 1.165) is 29.5 Å². The van der Waals surface area contributed by atoms with Crippen LogP contribution in [0.2, 0.25) is 25.7 Å². The predicted molar refractivity (Wildman–Crippen MR) is 119 cm³/mol. The summed E-state index contributed by atoms with van der Waals surface area (Å²) in [5.41, 5.74) is 4.01. The van der Waals surface area contributed by atoms with Crippen molar-refractivity contribution in [1.82, 2.24) is 4.57 Å². The Morgan fingerprint density at radius 2 is 1.61 bits per heavy atom. The number of carbonyl (C=O) groups is 1. The summed E-state index contributed by atoms with van der Waals surface area (Å²) in [7, 11) is -1.23. The molecule has 0 bridgehead atoms. The molecule has 0 unspecified atom stereocenters. The summed E-state index contributed by atoms with van der Waals surface area (Å²) in [6, 6.07) is 23.3. The van der Waals surface area contributed by atoms with Crippen molar-refractivity contribution in [2.24, 2.45) is 0 Å². The average Bonchev–Trinajstić information content (AvgIpc) is 3.04. The van der Waals surface area contributed by atoms with Crippen LogP contribution in [0.4, 0.5) is 10.5 Å². The number of benzene rings is 2. The Morgan fingerprint density at radius 1 is 0.964 bits per heavy atom. The van der Waals surface area contributed by atoms with Gasteiger partial charge in [-0.15, -0.1) is 0 Å². The predicted octanol–water partition coefficient (Wildman–Crippen LogP) is 6.09. The van der Waals surface area contributed by atoms with Crippen molar-refractivity contribution in [2.75, 3.05) is 11.9 Å². The van der Waals surface area contributed by atoms with Gasteiger partial charge in [-0.3, -0.25) is 5.32 Å². The van der Waals surface area contributed by atoms with Gasteiger partial charge >= 0.3 is 6.09 Å². The zero-order valence-corrected chi connectivity index (χ0v) is 17.8. The van der Waals surface area contributed by atoms with Crippen LogP contribution < -0.4 is 5.32 Å². The zero-order valence-electron chi connectivity index (χ0n) is 16.8. The number of ether oxygens (including phenoxy) is 1. The number of amides is 1. The Labute approximate surface area is 168 Å². The maximum absolute atomic E-state index is 12.3. The van der Waals surface area contributed by atoms with Crippen LogP contribution in [0.1, 0.15) is 5.56 Å². The van der Waals surface area contributed by atoms with Crippen molar-refractivity contribution in [3.63, 3.8) is 0 Å². The summed E-state index contributed by atoms with van der Waals surface area (Å²) in [6.07, 6.45) is 1.61. The Hall–Kier alpha value is -2.79. The summed E-state index contributed by atoms with van der Waals surface area (Å²) in [5, 5.41) is 2.93. The molecule has 0 saturated heterocycles. The van der Waals surface area contributed by atoms with Crippen molar-refractivity contribution < 1.29 is 9.53 Å². The second kappa shape index (κ2) is 8.93. The molecule has 0 aliphatic carbocycles. The van der Waals surface area contributed by atoms with Gasteiger partial charge in [0.05, 0.1) is 18.0 Å². The fraction of sp³-hybridized carbons (Fsp3) is 0.261. The number of carbonyl (C=O) groups excluding carboxylic acids is 1. The SMILES string of the molecule is C[Si](C)(C)CCOC(=O)Nc1ccn(Cc2ccccc2)c1-c1ccccc1. The van der Waals surface area contributed by atoms with Gasteiger partial charge in [0.15, 0.2) is 0 Å². The minimum Gasteiger partial charge on any atom is -0.450 e. The van der Waals surface area contributed by atoms with Gasteiger partial charge < -0.3 is 9.30 Å². The summed E-state index contributed by atoms with van der Waals surface area (Å²) in [4.78, 5) is 12.3. The molecule has 1 amide bonds. The summed E-state index contributed by atoms with van der Waals surface area (Å²) in [5.74, 6) is 0. The van der Waals surface area contributed by atoms with Crippen LogP contribution >= 0.6 is 0 Å². The molecule has 3 aromatic rings. The number of rotatable bonds is 7. The molecular weight excluding hydrogens is 364 g/mol. The number of anilines is 1. The molecule has 1 aromatic heterocycles. The summed E-state index contributed by atoms with van der Waals surface area (Å²) in [6.45, 7) is 8.01. The monoisotopic (exact) mass is 392 g/mol. The van der Waals surface area contributed by atoms with Gasteiger partial charge in [0, 0.05) is 26.4 Å². The lowest BCUT2D eigenvalue weighted by Gasteiger charge is -2.16. The normalized spacial score (nSPS) is 11.2. The first-order chi connectivity index (χ1) is 13.4. The highest BCUT2D eigenvalue weighted by Gasteiger charge is 2.17. The highest BCUT2D eigenvalue weighted by atomic mass is 28.3. The molecule has 0 aliphatic heterocycles. The molecule has 0 saturated carbocycles. The first-order valence-corrected chi connectivity index (χ1v) is 13.4. The van der Waals surface area contributed by atoms with Crippen molar-refractivity contribution >= 4 is 19.9 Å². The minimum absolute atomic E-state index is 0.395. The number of nitrogens with one attached hydrogen (secondary N) is 1. The molecule has 0 atom stereocenters. The molecule has 28 heavy (non-hydrogen) atoms. The molecule has 1 N–H and O–H groups in total. The van der Waals surface area contributed by atoms with Crippen molar-refractivity contribution in [3.05, 3.63) is 78.5 Å². The van der Waals surface area contributed by atoms with Gasteiger partial charge in [0.25, 0.3) is 0 Å². The molecule has 0 fully saturated rings. The van der Waals surface area contributed by atoms with Gasteiger partial charge in [-0.05, 0) is 17.7 Å². The first-order valence-electron chi connectivity index (χ1n) is 9.65. The van der Waals surface area contributed by atoms with Crippen LogP contribution in [-0.4, -0.2) is 25.3 Å². The van der Waals surface area contributed by atoms with Gasteiger partial charge in [-0.2, -0.15) is 0 Å². The lowest BCUT2D eigenvalue weighted by atomic mass is 10.1. The molecule has 146 valence electrons. The summed E-state index contributed by atoms with van der Waals surface area (Å²) < 4.78 is 7.57. The van der Waals surface area contributed by atoms with E-state index in [1.807, 2.05) is 48.7 Å². The average molecular weight is 393 g/mol. The van der Waals surface area contributed by atoms with Crippen molar-refractivity contribution in [2.45, 2.75) is 32.2 Å². The molecule has 0 spiro atoms. The quantitative estimate of drug-likeness (QED) is 0.494. The van der Waals surface area contributed by atoms with Crippen LogP contribution in [0.15, 0.2) is 72.9 Å². The van der Waals surface area contributed by atoms with Gasteiger partial charge in [-0.25, -0.2) is 4.79 Å². The molecule has 0 radical (unpaired) electrons.